The number of nitrogens with one attached hydrogen (secondary N) is 1. The molecule has 2 unspecified atom stereocenters. The van der Waals surface area contributed by atoms with Crippen molar-refractivity contribution < 1.29 is 14.2 Å². The molecule has 1 aromatic carbocycles. The molecule has 1 saturated heterocycles. The summed E-state index contributed by atoms with van der Waals surface area (Å²) in [7, 11) is 3.51. The number of rotatable bonds is 6. The van der Waals surface area contributed by atoms with Gasteiger partial charge in [0.2, 0.25) is 0 Å². The second-order valence-electron chi connectivity index (χ2n) is 5.10. The Hall–Kier alpha value is -0.970. The van der Waals surface area contributed by atoms with Crippen LogP contribution in [-0.4, -0.2) is 33.0 Å². The van der Waals surface area contributed by atoms with E-state index in [2.05, 4.69) is 12.2 Å². The Bertz CT molecular complexity index is 453. The standard InChI is InChI=1S/C15H22ClNO3/c1-10-4-5-12(20-10)9-19-15-13(16)6-11(8-17-2)7-14(15)18-3/h6-7,10,12,17H,4-5,8-9H2,1-3H3. The molecule has 2 atom stereocenters. The first kappa shape index (κ1) is 15.4. The minimum absolute atomic E-state index is 0.141. The summed E-state index contributed by atoms with van der Waals surface area (Å²) in [5.74, 6) is 1.26. The van der Waals surface area contributed by atoms with E-state index in [-0.39, 0.29) is 6.10 Å². The molecule has 20 heavy (non-hydrogen) atoms. The highest BCUT2D eigenvalue weighted by Gasteiger charge is 2.23. The largest absolute Gasteiger partial charge is 0.493 e. The van der Waals surface area contributed by atoms with Gasteiger partial charge in [0, 0.05) is 6.54 Å². The molecule has 1 aliphatic rings. The highest BCUT2D eigenvalue weighted by Crippen LogP contribution is 2.37. The predicted molar refractivity (Wildman–Crippen MR) is 79.8 cm³/mol. The van der Waals surface area contributed by atoms with Gasteiger partial charge in [-0.3, -0.25) is 0 Å². The van der Waals surface area contributed by atoms with E-state index in [1.807, 2.05) is 19.2 Å². The lowest BCUT2D eigenvalue weighted by Gasteiger charge is -2.17. The average Bonchev–Trinajstić information content (AvgIpc) is 2.83. The summed E-state index contributed by atoms with van der Waals surface area (Å²) in [5.41, 5.74) is 1.06. The predicted octanol–water partition coefficient (Wildman–Crippen LogP) is 3.01. The maximum atomic E-state index is 6.29. The van der Waals surface area contributed by atoms with Gasteiger partial charge in [-0.05, 0) is 44.5 Å². The smallest absolute Gasteiger partial charge is 0.179 e. The topological polar surface area (TPSA) is 39.7 Å². The van der Waals surface area contributed by atoms with E-state index in [0.29, 0.717) is 29.2 Å². The zero-order valence-corrected chi connectivity index (χ0v) is 13.0. The summed E-state index contributed by atoms with van der Waals surface area (Å²) < 4.78 is 16.9. The van der Waals surface area contributed by atoms with Gasteiger partial charge in [-0.25, -0.2) is 0 Å². The average molecular weight is 300 g/mol. The SMILES string of the molecule is CNCc1cc(Cl)c(OCC2CCC(C)O2)c(OC)c1. The van der Waals surface area contributed by atoms with Crippen molar-refractivity contribution in [2.24, 2.45) is 0 Å². The Kier molecular flexibility index (Phi) is 5.52. The number of halogens is 1. The van der Waals surface area contributed by atoms with Gasteiger partial charge in [0.05, 0.1) is 24.3 Å². The Morgan fingerprint density at radius 3 is 2.80 bits per heavy atom. The fraction of sp³-hybridized carbons (Fsp3) is 0.600. The number of methoxy groups -OCH3 is 1. The van der Waals surface area contributed by atoms with E-state index >= 15 is 0 Å². The molecular weight excluding hydrogens is 278 g/mol. The number of benzene rings is 1. The first-order chi connectivity index (χ1) is 9.63. The molecule has 0 aliphatic carbocycles. The molecule has 0 amide bonds. The van der Waals surface area contributed by atoms with Gasteiger partial charge in [-0.2, -0.15) is 0 Å². The van der Waals surface area contributed by atoms with Crippen LogP contribution < -0.4 is 14.8 Å². The lowest BCUT2D eigenvalue weighted by molar-refractivity contribution is 0.0259. The summed E-state index contributed by atoms with van der Waals surface area (Å²) in [5, 5.41) is 3.66. The highest BCUT2D eigenvalue weighted by molar-refractivity contribution is 6.32. The first-order valence-electron chi connectivity index (χ1n) is 6.93. The van der Waals surface area contributed by atoms with Gasteiger partial charge in [-0.15, -0.1) is 0 Å². The second kappa shape index (κ2) is 7.16. The van der Waals surface area contributed by atoms with E-state index in [0.717, 1.165) is 24.9 Å². The molecule has 4 nitrogen and oxygen atoms in total. The fourth-order valence-corrected chi connectivity index (χ4v) is 2.69. The number of hydrogen-bond donors (Lipinski definition) is 1. The van der Waals surface area contributed by atoms with Crippen LogP contribution in [-0.2, 0) is 11.3 Å². The van der Waals surface area contributed by atoms with Crippen molar-refractivity contribution in [2.75, 3.05) is 20.8 Å². The monoisotopic (exact) mass is 299 g/mol. The van der Waals surface area contributed by atoms with Crippen molar-refractivity contribution in [3.05, 3.63) is 22.7 Å². The molecule has 1 aromatic rings. The zero-order chi connectivity index (χ0) is 14.5. The molecule has 1 fully saturated rings. The number of ether oxygens (including phenoxy) is 3. The minimum atomic E-state index is 0.141. The van der Waals surface area contributed by atoms with Crippen LogP contribution in [0.5, 0.6) is 11.5 Å². The molecule has 0 bridgehead atoms. The molecule has 1 aliphatic heterocycles. The maximum Gasteiger partial charge on any atom is 0.179 e. The summed E-state index contributed by atoms with van der Waals surface area (Å²) in [6, 6.07) is 3.84. The molecule has 112 valence electrons. The summed E-state index contributed by atoms with van der Waals surface area (Å²) in [4.78, 5) is 0. The summed E-state index contributed by atoms with van der Waals surface area (Å²) >= 11 is 6.29. The lowest BCUT2D eigenvalue weighted by Crippen LogP contribution is -2.18. The Morgan fingerprint density at radius 1 is 1.40 bits per heavy atom. The maximum absolute atomic E-state index is 6.29. The number of hydrogen-bond acceptors (Lipinski definition) is 4. The Morgan fingerprint density at radius 2 is 2.20 bits per heavy atom. The van der Waals surface area contributed by atoms with Crippen LogP contribution in [0, 0.1) is 0 Å². The van der Waals surface area contributed by atoms with Crippen LogP contribution in [0.4, 0.5) is 0 Å². The van der Waals surface area contributed by atoms with Crippen LogP contribution in [0.1, 0.15) is 25.3 Å². The van der Waals surface area contributed by atoms with Crippen molar-refractivity contribution in [2.45, 2.75) is 38.5 Å². The van der Waals surface area contributed by atoms with E-state index in [4.69, 9.17) is 25.8 Å². The van der Waals surface area contributed by atoms with Gasteiger partial charge in [0.25, 0.3) is 0 Å². The molecule has 0 radical (unpaired) electrons. The molecular formula is C15H22ClNO3. The summed E-state index contributed by atoms with van der Waals surface area (Å²) in [6.07, 6.45) is 2.57. The molecule has 0 aromatic heterocycles. The van der Waals surface area contributed by atoms with Crippen molar-refractivity contribution in [1.29, 1.82) is 0 Å². The van der Waals surface area contributed by atoms with E-state index in [1.54, 1.807) is 7.11 Å². The minimum Gasteiger partial charge on any atom is -0.493 e. The van der Waals surface area contributed by atoms with Crippen molar-refractivity contribution >= 4 is 11.6 Å². The highest BCUT2D eigenvalue weighted by atomic mass is 35.5. The quantitative estimate of drug-likeness (QED) is 0.876. The molecule has 1 N–H and O–H groups in total. The molecule has 1 heterocycles. The van der Waals surface area contributed by atoms with Crippen LogP contribution in [0.25, 0.3) is 0 Å². The van der Waals surface area contributed by atoms with E-state index < -0.39 is 0 Å². The third kappa shape index (κ3) is 3.78. The van der Waals surface area contributed by atoms with Gasteiger partial charge >= 0.3 is 0 Å². The van der Waals surface area contributed by atoms with Gasteiger partial charge < -0.3 is 19.5 Å². The Labute approximate surface area is 125 Å². The van der Waals surface area contributed by atoms with Crippen LogP contribution in [0.2, 0.25) is 5.02 Å². The van der Waals surface area contributed by atoms with Crippen molar-refractivity contribution in [3.63, 3.8) is 0 Å². The lowest BCUT2D eigenvalue weighted by atomic mass is 10.2. The van der Waals surface area contributed by atoms with Crippen LogP contribution in [0.15, 0.2) is 12.1 Å². The zero-order valence-electron chi connectivity index (χ0n) is 12.2. The summed E-state index contributed by atoms with van der Waals surface area (Å²) in [6.45, 7) is 3.32. The second-order valence-corrected chi connectivity index (χ2v) is 5.50. The van der Waals surface area contributed by atoms with Crippen LogP contribution in [0.3, 0.4) is 0 Å². The van der Waals surface area contributed by atoms with Gasteiger partial charge in [0.1, 0.15) is 6.61 Å². The van der Waals surface area contributed by atoms with Crippen molar-refractivity contribution in [3.8, 4) is 11.5 Å². The Balaban J connectivity index is 2.06. The fourth-order valence-electron chi connectivity index (χ4n) is 2.40. The third-order valence-electron chi connectivity index (χ3n) is 3.40. The van der Waals surface area contributed by atoms with Gasteiger partial charge in [0.15, 0.2) is 11.5 Å². The van der Waals surface area contributed by atoms with Crippen LogP contribution >= 0.6 is 11.6 Å². The molecule has 0 spiro atoms. The first-order valence-corrected chi connectivity index (χ1v) is 7.31. The normalized spacial score (nSPS) is 22.0. The van der Waals surface area contributed by atoms with E-state index in [9.17, 15) is 0 Å². The molecule has 2 rings (SSSR count). The van der Waals surface area contributed by atoms with Gasteiger partial charge in [-0.1, -0.05) is 11.6 Å². The van der Waals surface area contributed by atoms with E-state index in [1.165, 1.54) is 0 Å². The molecule has 0 saturated carbocycles. The molecule has 5 heteroatoms. The third-order valence-corrected chi connectivity index (χ3v) is 3.68. The van der Waals surface area contributed by atoms with Crippen molar-refractivity contribution in [1.82, 2.24) is 5.32 Å².